The van der Waals surface area contributed by atoms with Gasteiger partial charge in [-0.2, -0.15) is 0 Å². The van der Waals surface area contributed by atoms with Crippen LogP contribution in [0.5, 0.6) is 5.75 Å². The maximum absolute atomic E-state index is 12.2. The Morgan fingerprint density at radius 2 is 2.16 bits per heavy atom. The van der Waals surface area contributed by atoms with Crippen molar-refractivity contribution in [3.8, 4) is 5.75 Å². The van der Waals surface area contributed by atoms with Crippen molar-refractivity contribution in [1.29, 1.82) is 0 Å². The lowest BCUT2D eigenvalue weighted by atomic mass is 10.1. The molecule has 1 aromatic heterocycles. The number of aromatic nitrogens is 1. The fraction of sp³-hybridized carbons (Fsp3) is 0.286. The van der Waals surface area contributed by atoms with Gasteiger partial charge in [0.05, 0.1) is 17.2 Å². The second-order valence-electron chi connectivity index (χ2n) is 4.52. The maximum atomic E-state index is 12.2. The lowest BCUT2D eigenvalue weighted by Gasteiger charge is -2.16. The average molecular weight is 276 g/mol. The van der Waals surface area contributed by atoms with E-state index in [1.54, 1.807) is 42.3 Å². The van der Waals surface area contributed by atoms with E-state index in [-0.39, 0.29) is 11.7 Å². The van der Waals surface area contributed by atoms with Crippen LogP contribution in [0.3, 0.4) is 0 Å². The molecule has 0 unspecified atom stereocenters. The van der Waals surface area contributed by atoms with Crippen LogP contribution >= 0.6 is 11.3 Å². The number of amides is 1. The maximum Gasteiger partial charge on any atom is 0.254 e. The van der Waals surface area contributed by atoms with Crippen molar-refractivity contribution < 1.29 is 9.90 Å². The van der Waals surface area contributed by atoms with E-state index in [2.05, 4.69) is 4.98 Å². The van der Waals surface area contributed by atoms with E-state index < -0.39 is 0 Å². The minimum Gasteiger partial charge on any atom is -0.508 e. The van der Waals surface area contributed by atoms with Gasteiger partial charge in [0.1, 0.15) is 5.75 Å². The number of aryl methyl sites for hydroxylation is 2. The Morgan fingerprint density at radius 3 is 2.74 bits per heavy atom. The van der Waals surface area contributed by atoms with E-state index >= 15 is 0 Å². The Balaban J connectivity index is 2.12. The summed E-state index contributed by atoms with van der Waals surface area (Å²) in [7, 11) is 1.73. The number of thiazole rings is 1. The van der Waals surface area contributed by atoms with Crippen molar-refractivity contribution in [2.75, 3.05) is 7.05 Å². The van der Waals surface area contributed by atoms with Crippen LogP contribution in [0, 0.1) is 13.8 Å². The third kappa shape index (κ3) is 3.12. The normalized spacial score (nSPS) is 10.5. The third-order valence-electron chi connectivity index (χ3n) is 2.87. The topological polar surface area (TPSA) is 53.4 Å². The zero-order chi connectivity index (χ0) is 14.0. The molecular formula is C14H16N2O2S. The van der Waals surface area contributed by atoms with Gasteiger partial charge in [0.25, 0.3) is 5.91 Å². The van der Waals surface area contributed by atoms with Gasteiger partial charge in [-0.25, -0.2) is 4.98 Å². The summed E-state index contributed by atoms with van der Waals surface area (Å²) >= 11 is 1.57. The van der Waals surface area contributed by atoms with Crippen molar-refractivity contribution in [3.63, 3.8) is 0 Å². The molecular weight excluding hydrogens is 260 g/mol. The lowest BCUT2D eigenvalue weighted by molar-refractivity contribution is 0.0783. The van der Waals surface area contributed by atoms with Gasteiger partial charge >= 0.3 is 0 Å². The molecule has 19 heavy (non-hydrogen) atoms. The first-order valence-corrected chi connectivity index (χ1v) is 6.81. The molecule has 0 radical (unpaired) electrons. The molecule has 1 amide bonds. The summed E-state index contributed by atoms with van der Waals surface area (Å²) in [6.07, 6.45) is 0. The average Bonchev–Trinajstić information content (AvgIpc) is 2.77. The van der Waals surface area contributed by atoms with E-state index in [1.165, 1.54) is 6.07 Å². The summed E-state index contributed by atoms with van der Waals surface area (Å²) < 4.78 is 0. The lowest BCUT2D eigenvalue weighted by Crippen LogP contribution is -2.26. The van der Waals surface area contributed by atoms with Gasteiger partial charge in [0.2, 0.25) is 0 Å². The van der Waals surface area contributed by atoms with Gasteiger partial charge in [0, 0.05) is 18.0 Å². The molecule has 0 aliphatic carbocycles. The van der Waals surface area contributed by atoms with Crippen LogP contribution in [0.4, 0.5) is 0 Å². The molecule has 1 N–H and O–H groups in total. The smallest absolute Gasteiger partial charge is 0.254 e. The molecule has 0 fully saturated rings. The molecule has 5 heteroatoms. The summed E-state index contributed by atoms with van der Waals surface area (Å²) in [4.78, 5) is 18.1. The number of carbonyl (C=O) groups excluding carboxylic acids is 1. The Labute approximate surface area is 116 Å². The fourth-order valence-corrected chi connectivity index (χ4v) is 2.36. The first-order valence-electron chi connectivity index (χ1n) is 5.93. The summed E-state index contributed by atoms with van der Waals surface area (Å²) in [5.74, 6) is 0.0182. The fourth-order valence-electron chi connectivity index (χ4n) is 1.76. The number of carbonyl (C=O) groups is 1. The predicted octanol–water partition coefficient (Wildman–Crippen LogP) is 2.74. The Kier molecular flexibility index (Phi) is 3.85. The van der Waals surface area contributed by atoms with Gasteiger partial charge < -0.3 is 10.0 Å². The number of nitrogens with zero attached hydrogens (tertiary/aromatic N) is 2. The second kappa shape index (κ2) is 5.40. The quantitative estimate of drug-likeness (QED) is 0.937. The number of phenols is 1. The SMILES string of the molecule is Cc1nc(CN(C)C(=O)c2ccc(C)c(O)c2)cs1. The highest BCUT2D eigenvalue weighted by Crippen LogP contribution is 2.19. The number of phenolic OH excluding ortho intramolecular Hbond substituents is 1. The van der Waals surface area contributed by atoms with Crippen molar-refractivity contribution in [2.45, 2.75) is 20.4 Å². The van der Waals surface area contributed by atoms with Crippen molar-refractivity contribution in [1.82, 2.24) is 9.88 Å². The van der Waals surface area contributed by atoms with E-state index in [1.807, 2.05) is 12.3 Å². The van der Waals surface area contributed by atoms with Crippen LogP contribution < -0.4 is 0 Å². The van der Waals surface area contributed by atoms with Gasteiger partial charge in [-0.15, -0.1) is 11.3 Å². The molecule has 0 spiro atoms. The minimum absolute atomic E-state index is 0.124. The standard InChI is InChI=1S/C14H16N2O2S/c1-9-4-5-11(6-13(9)17)14(18)16(3)7-12-8-19-10(2)15-12/h4-6,8,17H,7H2,1-3H3. The summed E-state index contributed by atoms with van der Waals surface area (Å²) in [6.45, 7) is 4.21. The van der Waals surface area contributed by atoms with Crippen LogP contribution in [0.2, 0.25) is 0 Å². The van der Waals surface area contributed by atoms with Crippen LogP contribution in [-0.2, 0) is 6.54 Å². The molecule has 4 nitrogen and oxygen atoms in total. The van der Waals surface area contributed by atoms with Crippen molar-refractivity contribution in [2.24, 2.45) is 0 Å². The van der Waals surface area contributed by atoms with E-state index in [4.69, 9.17) is 0 Å². The van der Waals surface area contributed by atoms with Gasteiger partial charge in [-0.3, -0.25) is 4.79 Å². The monoisotopic (exact) mass is 276 g/mol. The van der Waals surface area contributed by atoms with Crippen molar-refractivity contribution >= 4 is 17.2 Å². The molecule has 0 aliphatic rings. The predicted molar refractivity (Wildman–Crippen MR) is 75.5 cm³/mol. The number of benzene rings is 1. The van der Waals surface area contributed by atoms with Gasteiger partial charge in [0.15, 0.2) is 0 Å². The van der Waals surface area contributed by atoms with Crippen LogP contribution in [0.15, 0.2) is 23.6 Å². The number of hydrogen-bond donors (Lipinski definition) is 1. The third-order valence-corrected chi connectivity index (χ3v) is 3.69. The number of rotatable bonds is 3. The van der Waals surface area contributed by atoms with Gasteiger partial charge in [-0.05, 0) is 31.5 Å². The molecule has 0 bridgehead atoms. The summed E-state index contributed by atoms with van der Waals surface area (Å²) in [6, 6.07) is 4.96. The Hall–Kier alpha value is -1.88. The van der Waals surface area contributed by atoms with E-state index in [0.29, 0.717) is 12.1 Å². The highest BCUT2D eigenvalue weighted by atomic mass is 32.1. The Bertz CT molecular complexity index is 607. The molecule has 100 valence electrons. The highest BCUT2D eigenvalue weighted by molar-refractivity contribution is 7.09. The highest BCUT2D eigenvalue weighted by Gasteiger charge is 2.14. The van der Waals surface area contributed by atoms with E-state index in [0.717, 1.165) is 16.3 Å². The molecule has 0 aliphatic heterocycles. The first kappa shape index (κ1) is 13.5. The van der Waals surface area contributed by atoms with E-state index in [9.17, 15) is 9.90 Å². The van der Waals surface area contributed by atoms with Crippen LogP contribution in [0.1, 0.15) is 26.6 Å². The molecule has 1 aromatic carbocycles. The first-order chi connectivity index (χ1) is 8.97. The molecule has 0 saturated heterocycles. The van der Waals surface area contributed by atoms with Crippen LogP contribution in [-0.4, -0.2) is 27.9 Å². The zero-order valence-electron chi connectivity index (χ0n) is 11.2. The molecule has 0 atom stereocenters. The molecule has 2 aromatic rings. The Morgan fingerprint density at radius 1 is 1.42 bits per heavy atom. The summed E-state index contributed by atoms with van der Waals surface area (Å²) in [5, 5.41) is 12.6. The van der Waals surface area contributed by atoms with Crippen LogP contribution in [0.25, 0.3) is 0 Å². The minimum atomic E-state index is -0.124. The van der Waals surface area contributed by atoms with Gasteiger partial charge in [-0.1, -0.05) is 6.07 Å². The molecule has 0 saturated carbocycles. The number of hydrogen-bond acceptors (Lipinski definition) is 4. The second-order valence-corrected chi connectivity index (χ2v) is 5.58. The summed E-state index contributed by atoms with van der Waals surface area (Å²) in [5.41, 5.74) is 2.13. The number of aromatic hydroxyl groups is 1. The zero-order valence-corrected chi connectivity index (χ0v) is 12.0. The molecule has 1 heterocycles. The van der Waals surface area contributed by atoms with Crippen molar-refractivity contribution in [3.05, 3.63) is 45.4 Å². The largest absolute Gasteiger partial charge is 0.508 e. The molecule has 2 rings (SSSR count).